The van der Waals surface area contributed by atoms with E-state index in [2.05, 4.69) is 10.00 Å². The van der Waals surface area contributed by atoms with Crippen molar-refractivity contribution >= 4 is 5.97 Å². The fraction of sp³-hybridized carbons (Fsp3) is 0.556. The van der Waals surface area contributed by atoms with Gasteiger partial charge in [-0.15, -0.1) is 0 Å². The van der Waals surface area contributed by atoms with Gasteiger partial charge in [-0.05, 0) is 25.6 Å². The summed E-state index contributed by atoms with van der Waals surface area (Å²) in [4.78, 5) is 12.7. The molecule has 1 saturated heterocycles. The van der Waals surface area contributed by atoms with Gasteiger partial charge in [-0.3, -0.25) is 4.68 Å². The number of rotatable bonds is 4. The summed E-state index contributed by atoms with van der Waals surface area (Å²) in [5, 5.41) is 14.3. The Balaban J connectivity index is 0.00000112. The van der Waals surface area contributed by atoms with Crippen LogP contribution in [0.4, 0.5) is 0 Å². The molecule has 2 heterocycles. The molecule has 0 unspecified atom stereocenters. The van der Waals surface area contributed by atoms with E-state index < -0.39 is 5.97 Å². The van der Waals surface area contributed by atoms with Gasteiger partial charge in [0.2, 0.25) is 0 Å². The van der Waals surface area contributed by atoms with Crippen LogP contribution in [-0.4, -0.2) is 40.3 Å². The molecule has 0 N–H and O–H groups in total. The van der Waals surface area contributed by atoms with Crippen molar-refractivity contribution in [2.24, 2.45) is 0 Å². The molecule has 5 nitrogen and oxygen atoms in total. The van der Waals surface area contributed by atoms with Crippen LogP contribution in [0.25, 0.3) is 0 Å². The van der Waals surface area contributed by atoms with E-state index in [9.17, 15) is 9.90 Å². The molecule has 0 radical (unpaired) electrons. The number of carbonyl (C=O) groups is 1. The number of carboxylic acid groups (broad SMARTS) is 1. The Morgan fingerprint density at radius 2 is 2.20 bits per heavy atom. The van der Waals surface area contributed by atoms with Crippen molar-refractivity contribution in [3.8, 4) is 0 Å². The zero-order valence-electron chi connectivity index (χ0n) is 8.85. The van der Waals surface area contributed by atoms with E-state index in [4.69, 9.17) is 0 Å². The second-order valence-corrected chi connectivity index (χ2v) is 3.45. The molecule has 0 amide bonds. The van der Waals surface area contributed by atoms with Crippen molar-refractivity contribution < 1.29 is 28.8 Å². The number of aromatic nitrogens is 2. The minimum absolute atomic E-state index is 0. The second-order valence-electron chi connectivity index (χ2n) is 3.45. The van der Waals surface area contributed by atoms with Crippen LogP contribution in [0.3, 0.4) is 0 Å². The smallest absolute Gasteiger partial charge is 0.543 e. The van der Waals surface area contributed by atoms with Crippen molar-refractivity contribution in [2.75, 3.05) is 19.6 Å². The molecule has 1 aliphatic heterocycles. The maximum atomic E-state index is 10.4. The van der Waals surface area contributed by atoms with E-state index in [1.54, 1.807) is 10.9 Å². The van der Waals surface area contributed by atoms with Crippen molar-refractivity contribution in [3.63, 3.8) is 0 Å². The van der Waals surface area contributed by atoms with Gasteiger partial charge >= 0.3 is 18.9 Å². The Bertz CT molecular complexity index is 336. The predicted molar refractivity (Wildman–Crippen MR) is 47.6 cm³/mol. The van der Waals surface area contributed by atoms with Crippen LogP contribution >= 0.6 is 0 Å². The van der Waals surface area contributed by atoms with Gasteiger partial charge in [0.1, 0.15) is 5.69 Å². The number of likely N-dealkylation sites (tertiary alicyclic amines) is 1. The van der Waals surface area contributed by atoms with Gasteiger partial charge in [0.05, 0.1) is 12.5 Å². The zero-order chi connectivity index (χ0) is 9.97. The third-order valence-corrected chi connectivity index (χ3v) is 2.44. The first-order valence-corrected chi connectivity index (χ1v) is 4.73. The molecule has 1 aliphatic rings. The van der Waals surface area contributed by atoms with Gasteiger partial charge in [0.15, 0.2) is 0 Å². The summed E-state index contributed by atoms with van der Waals surface area (Å²) in [5.74, 6) is -1.22. The SMILES string of the molecule is O=C([O-])c1ccn(CCN2CCC2)n1.[Li+]. The van der Waals surface area contributed by atoms with E-state index in [-0.39, 0.29) is 24.6 Å². The monoisotopic (exact) mass is 201 g/mol. The number of carbonyl (C=O) groups excluding carboxylic acids is 1. The summed E-state index contributed by atoms with van der Waals surface area (Å²) in [5.41, 5.74) is 0.00797. The summed E-state index contributed by atoms with van der Waals surface area (Å²) < 4.78 is 1.64. The van der Waals surface area contributed by atoms with Gasteiger partial charge in [-0.2, -0.15) is 5.10 Å². The predicted octanol–water partition coefficient (Wildman–Crippen LogP) is -4.04. The first-order valence-electron chi connectivity index (χ1n) is 4.73. The minimum Gasteiger partial charge on any atom is -0.543 e. The van der Waals surface area contributed by atoms with Crippen LogP contribution in [0.1, 0.15) is 16.9 Å². The third-order valence-electron chi connectivity index (χ3n) is 2.44. The van der Waals surface area contributed by atoms with Gasteiger partial charge in [0, 0.05) is 12.7 Å². The number of hydrogen-bond acceptors (Lipinski definition) is 4. The summed E-state index contributed by atoms with van der Waals surface area (Å²) in [6.07, 6.45) is 2.94. The largest absolute Gasteiger partial charge is 1.00 e. The third kappa shape index (κ3) is 3.10. The fourth-order valence-corrected chi connectivity index (χ4v) is 1.44. The molecular weight excluding hydrogens is 189 g/mol. The molecular formula is C9H12LiN3O2. The summed E-state index contributed by atoms with van der Waals surface area (Å²) in [6, 6.07) is 1.46. The molecule has 2 rings (SSSR count). The van der Waals surface area contributed by atoms with Crippen molar-refractivity contribution in [3.05, 3.63) is 18.0 Å². The number of nitrogens with zero attached hydrogens (tertiary/aromatic N) is 3. The first kappa shape index (κ1) is 12.3. The summed E-state index contributed by atoms with van der Waals surface area (Å²) >= 11 is 0. The molecule has 6 heteroatoms. The molecule has 0 aromatic carbocycles. The van der Waals surface area contributed by atoms with Gasteiger partial charge in [0.25, 0.3) is 0 Å². The maximum absolute atomic E-state index is 10.4. The standard InChI is InChI=1S/C9H13N3O2.Li/c13-9(14)8-2-5-12(10-8)7-6-11-3-1-4-11;/h2,5H,1,3-4,6-7H2,(H,13,14);/q;+1/p-1. The van der Waals surface area contributed by atoms with E-state index in [1.165, 1.54) is 12.5 Å². The Morgan fingerprint density at radius 3 is 2.67 bits per heavy atom. The van der Waals surface area contributed by atoms with Crippen molar-refractivity contribution in [2.45, 2.75) is 13.0 Å². The van der Waals surface area contributed by atoms with Crippen molar-refractivity contribution in [1.82, 2.24) is 14.7 Å². The normalized spacial score (nSPS) is 15.5. The fourth-order valence-electron chi connectivity index (χ4n) is 1.44. The Labute approximate surface area is 100 Å². The van der Waals surface area contributed by atoms with E-state index >= 15 is 0 Å². The maximum Gasteiger partial charge on any atom is 1.00 e. The molecule has 76 valence electrons. The number of aromatic carboxylic acids is 1. The average molecular weight is 201 g/mol. The van der Waals surface area contributed by atoms with Crippen molar-refractivity contribution in [1.29, 1.82) is 0 Å². The van der Waals surface area contributed by atoms with Crippen LogP contribution in [0.2, 0.25) is 0 Å². The molecule has 0 saturated carbocycles. The van der Waals surface area contributed by atoms with Crippen LogP contribution in [0.5, 0.6) is 0 Å². The topological polar surface area (TPSA) is 61.2 Å². The van der Waals surface area contributed by atoms with Gasteiger partial charge in [-0.1, -0.05) is 0 Å². The molecule has 0 aliphatic carbocycles. The molecule has 0 bridgehead atoms. The van der Waals surface area contributed by atoms with Gasteiger partial charge in [-0.25, -0.2) is 0 Å². The average Bonchev–Trinajstić information content (AvgIpc) is 2.50. The van der Waals surface area contributed by atoms with Gasteiger partial charge < -0.3 is 14.8 Å². The molecule has 1 aromatic rings. The molecule has 1 aromatic heterocycles. The van der Waals surface area contributed by atoms with Crippen LogP contribution in [0.15, 0.2) is 12.3 Å². The Hall–Kier alpha value is -0.763. The van der Waals surface area contributed by atoms with E-state index in [0.29, 0.717) is 0 Å². The molecule has 15 heavy (non-hydrogen) atoms. The first-order chi connectivity index (χ1) is 6.75. The quantitative estimate of drug-likeness (QED) is 0.465. The van der Waals surface area contributed by atoms with E-state index in [0.717, 1.165) is 26.2 Å². The minimum atomic E-state index is -1.22. The molecule has 0 spiro atoms. The second kappa shape index (κ2) is 5.36. The van der Waals surface area contributed by atoms with E-state index in [1.807, 2.05) is 0 Å². The van der Waals surface area contributed by atoms with Crippen LogP contribution < -0.4 is 24.0 Å². The molecule has 1 fully saturated rings. The van der Waals surface area contributed by atoms with Crippen LogP contribution in [0, 0.1) is 0 Å². The molecule has 0 atom stereocenters. The Morgan fingerprint density at radius 1 is 1.47 bits per heavy atom. The summed E-state index contributed by atoms with van der Waals surface area (Å²) in [6.45, 7) is 3.98. The Kier molecular flexibility index (Phi) is 4.40. The van der Waals surface area contributed by atoms with Crippen LogP contribution in [-0.2, 0) is 6.54 Å². The zero-order valence-corrected chi connectivity index (χ0v) is 8.85. The number of carboxylic acids is 1. The number of hydrogen-bond donors (Lipinski definition) is 0. The summed E-state index contributed by atoms with van der Waals surface area (Å²) in [7, 11) is 0.